The largest absolute Gasteiger partial charge is 0.482 e. The van der Waals surface area contributed by atoms with Gasteiger partial charge in [-0.15, -0.1) is 0 Å². The molecule has 3 aromatic rings. The molecule has 1 N–H and O–H groups in total. The molecular weight excluding hydrogens is 392 g/mol. The van der Waals surface area contributed by atoms with Crippen molar-refractivity contribution in [2.24, 2.45) is 5.10 Å². The van der Waals surface area contributed by atoms with Gasteiger partial charge >= 0.3 is 0 Å². The third-order valence-electron chi connectivity index (χ3n) is 3.94. The standard InChI is InChI=1S/C21H19BrN2O2/c1-14-10-15(2)21(19(22)11-14)26-13-20(25)24-23-12-17-8-5-7-16-6-3-4-9-18(16)17/h3-12H,13H2,1-2H3,(H,24,25)/b23-12+. The smallest absolute Gasteiger partial charge is 0.277 e. The molecule has 0 aromatic heterocycles. The molecule has 0 fully saturated rings. The van der Waals surface area contributed by atoms with Gasteiger partial charge in [0.2, 0.25) is 0 Å². The van der Waals surface area contributed by atoms with E-state index >= 15 is 0 Å². The van der Waals surface area contributed by atoms with Crippen molar-refractivity contribution in [1.29, 1.82) is 0 Å². The van der Waals surface area contributed by atoms with Crippen LogP contribution in [0.15, 0.2) is 64.2 Å². The van der Waals surface area contributed by atoms with Gasteiger partial charge in [0.25, 0.3) is 5.91 Å². The first-order chi connectivity index (χ1) is 12.5. The highest BCUT2D eigenvalue weighted by Crippen LogP contribution is 2.30. The van der Waals surface area contributed by atoms with E-state index in [1.807, 2.05) is 68.4 Å². The van der Waals surface area contributed by atoms with Gasteiger partial charge in [0.05, 0.1) is 10.7 Å². The molecule has 26 heavy (non-hydrogen) atoms. The number of benzene rings is 3. The number of nitrogens with one attached hydrogen (secondary N) is 1. The first-order valence-corrected chi connectivity index (χ1v) is 9.03. The van der Waals surface area contributed by atoms with Gasteiger partial charge in [-0.05, 0) is 57.7 Å². The lowest BCUT2D eigenvalue weighted by molar-refractivity contribution is -0.123. The van der Waals surface area contributed by atoms with Gasteiger partial charge < -0.3 is 4.74 Å². The molecule has 3 rings (SSSR count). The van der Waals surface area contributed by atoms with Crippen molar-refractivity contribution in [2.45, 2.75) is 13.8 Å². The minimum absolute atomic E-state index is 0.102. The molecule has 1 amide bonds. The quantitative estimate of drug-likeness (QED) is 0.487. The first kappa shape index (κ1) is 18.1. The number of hydrogen-bond donors (Lipinski definition) is 1. The molecule has 0 aliphatic rings. The SMILES string of the molecule is Cc1cc(C)c(OCC(=O)N/N=C/c2cccc3ccccc23)c(Br)c1. The Hall–Kier alpha value is -2.66. The summed E-state index contributed by atoms with van der Waals surface area (Å²) in [5, 5.41) is 6.26. The molecule has 0 aliphatic carbocycles. The summed E-state index contributed by atoms with van der Waals surface area (Å²) in [6, 6.07) is 18.0. The summed E-state index contributed by atoms with van der Waals surface area (Å²) in [5.74, 6) is 0.358. The molecule has 0 radical (unpaired) electrons. The van der Waals surface area contributed by atoms with Gasteiger partial charge in [-0.3, -0.25) is 4.79 Å². The normalized spacial score (nSPS) is 11.0. The maximum atomic E-state index is 12.0. The van der Waals surface area contributed by atoms with E-state index in [9.17, 15) is 4.79 Å². The molecule has 0 heterocycles. The number of aryl methyl sites for hydroxylation is 2. The van der Waals surface area contributed by atoms with Crippen molar-refractivity contribution in [3.05, 3.63) is 75.8 Å². The highest BCUT2D eigenvalue weighted by Gasteiger charge is 2.09. The Labute approximate surface area is 161 Å². The summed E-state index contributed by atoms with van der Waals surface area (Å²) in [4.78, 5) is 12.0. The average molecular weight is 411 g/mol. The molecule has 0 unspecified atom stereocenters. The summed E-state index contributed by atoms with van der Waals surface area (Å²) >= 11 is 3.47. The third kappa shape index (κ3) is 4.29. The van der Waals surface area contributed by atoms with Gasteiger partial charge in [0.15, 0.2) is 6.61 Å². The van der Waals surface area contributed by atoms with Gasteiger partial charge in [0, 0.05) is 5.56 Å². The van der Waals surface area contributed by atoms with Crippen LogP contribution in [0, 0.1) is 13.8 Å². The topological polar surface area (TPSA) is 50.7 Å². The van der Waals surface area contributed by atoms with E-state index in [-0.39, 0.29) is 12.5 Å². The fraction of sp³-hybridized carbons (Fsp3) is 0.143. The van der Waals surface area contributed by atoms with Gasteiger partial charge in [-0.25, -0.2) is 5.43 Å². The number of hydrazone groups is 1. The Morgan fingerprint density at radius 3 is 2.73 bits per heavy atom. The van der Waals surface area contributed by atoms with Crippen LogP contribution in [-0.2, 0) is 4.79 Å². The fourth-order valence-electron chi connectivity index (χ4n) is 2.79. The predicted octanol–water partition coefficient (Wildman–Crippen LogP) is 4.75. The van der Waals surface area contributed by atoms with Crippen LogP contribution >= 0.6 is 15.9 Å². The molecular formula is C21H19BrN2O2. The highest BCUT2D eigenvalue weighted by atomic mass is 79.9. The Balaban J connectivity index is 1.61. The number of carbonyl (C=O) groups is 1. The Morgan fingerprint density at radius 2 is 1.92 bits per heavy atom. The van der Waals surface area contributed by atoms with Crippen LogP contribution in [0.1, 0.15) is 16.7 Å². The molecule has 4 nitrogen and oxygen atoms in total. The number of hydrogen-bond acceptors (Lipinski definition) is 3. The van der Waals surface area contributed by atoms with E-state index in [4.69, 9.17) is 4.74 Å². The predicted molar refractivity (Wildman–Crippen MR) is 109 cm³/mol. The van der Waals surface area contributed by atoms with Crippen molar-refractivity contribution in [2.75, 3.05) is 6.61 Å². The number of rotatable bonds is 5. The second-order valence-electron chi connectivity index (χ2n) is 6.04. The van der Waals surface area contributed by atoms with Crippen molar-refractivity contribution < 1.29 is 9.53 Å². The fourth-order valence-corrected chi connectivity index (χ4v) is 3.58. The van der Waals surface area contributed by atoms with Crippen molar-refractivity contribution >= 4 is 38.8 Å². The minimum Gasteiger partial charge on any atom is -0.482 e. The molecule has 0 atom stereocenters. The molecule has 0 spiro atoms. The summed E-state index contributed by atoms with van der Waals surface area (Å²) in [5.41, 5.74) is 5.56. The maximum Gasteiger partial charge on any atom is 0.277 e. The monoisotopic (exact) mass is 410 g/mol. The van der Waals surface area contributed by atoms with Gasteiger partial charge in [-0.1, -0.05) is 48.5 Å². The lowest BCUT2D eigenvalue weighted by Gasteiger charge is -2.11. The number of amides is 1. The zero-order valence-electron chi connectivity index (χ0n) is 14.6. The van der Waals surface area contributed by atoms with Crippen LogP contribution in [0.3, 0.4) is 0 Å². The molecule has 0 saturated heterocycles. The number of halogens is 1. The summed E-state index contributed by atoms with van der Waals surface area (Å²) in [6.07, 6.45) is 1.65. The van der Waals surface area contributed by atoms with Crippen molar-refractivity contribution in [3.8, 4) is 5.75 Å². The number of ether oxygens (including phenoxy) is 1. The maximum absolute atomic E-state index is 12.0. The van der Waals surface area contributed by atoms with E-state index < -0.39 is 0 Å². The van der Waals surface area contributed by atoms with Crippen molar-refractivity contribution in [3.63, 3.8) is 0 Å². The van der Waals surface area contributed by atoms with Crippen LogP contribution in [0.5, 0.6) is 5.75 Å². The Morgan fingerprint density at radius 1 is 1.15 bits per heavy atom. The zero-order chi connectivity index (χ0) is 18.5. The van der Waals surface area contributed by atoms with E-state index in [0.29, 0.717) is 5.75 Å². The summed E-state index contributed by atoms with van der Waals surface area (Å²) in [6.45, 7) is 3.86. The van der Waals surface area contributed by atoms with E-state index in [2.05, 4.69) is 26.5 Å². The van der Waals surface area contributed by atoms with Crippen molar-refractivity contribution in [1.82, 2.24) is 5.43 Å². The average Bonchev–Trinajstić information content (AvgIpc) is 2.61. The zero-order valence-corrected chi connectivity index (χ0v) is 16.2. The first-order valence-electron chi connectivity index (χ1n) is 8.24. The molecule has 0 saturated carbocycles. The van der Waals surface area contributed by atoms with Crippen LogP contribution in [0.4, 0.5) is 0 Å². The third-order valence-corrected chi connectivity index (χ3v) is 4.53. The number of fused-ring (bicyclic) bond motifs is 1. The Bertz CT molecular complexity index is 954. The Kier molecular flexibility index (Phi) is 5.68. The molecule has 132 valence electrons. The molecule has 5 heteroatoms. The second kappa shape index (κ2) is 8.15. The van der Waals surface area contributed by atoms with Crippen LogP contribution in [0.2, 0.25) is 0 Å². The van der Waals surface area contributed by atoms with E-state index in [0.717, 1.165) is 31.9 Å². The lowest BCUT2D eigenvalue weighted by Crippen LogP contribution is -2.24. The van der Waals surface area contributed by atoms with E-state index in [1.54, 1.807) is 6.21 Å². The summed E-state index contributed by atoms with van der Waals surface area (Å²) < 4.78 is 6.46. The number of nitrogens with zero attached hydrogens (tertiary/aromatic N) is 1. The van der Waals surface area contributed by atoms with Crippen LogP contribution in [-0.4, -0.2) is 18.7 Å². The molecule has 0 bridgehead atoms. The minimum atomic E-state index is -0.312. The van der Waals surface area contributed by atoms with Crippen LogP contribution < -0.4 is 10.2 Å². The van der Waals surface area contributed by atoms with E-state index in [1.165, 1.54) is 0 Å². The molecule has 3 aromatic carbocycles. The molecule has 0 aliphatic heterocycles. The second-order valence-corrected chi connectivity index (χ2v) is 6.90. The van der Waals surface area contributed by atoms with Gasteiger partial charge in [-0.2, -0.15) is 5.10 Å². The van der Waals surface area contributed by atoms with Gasteiger partial charge in [0.1, 0.15) is 5.75 Å². The summed E-state index contributed by atoms with van der Waals surface area (Å²) in [7, 11) is 0. The van der Waals surface area contributed by atoms with Crippen LogP contribution in [0.25, 0.3) is 10.8 Å². The number of carbonyl (C=O) groups excluding carboxylic acids is 1. The highest BCUT2D eigenvalue weighted by molar-refractivity contribution is 9.10. The lowest BCUT2D eigenvalue weighted by atomic mass is 10.1.